The Morgan fingerprint density at radius 2 is 1.62 bits per heavy atom. The lowest BCUT2D eigenvalue weighted by atomic mass is 10.2. The largest absolute Gasteiger partial charge is 0.332 e. The molecule has 0 amide bonds. The van der Waals surface area contributed by atoms with Gasteiger partial charge in [0.15, 0.2) is 5.11 Å². The average molecular weight is 403 g/mol. The molecule has 3 aromatic rings. The number of thiocarbonyl (C=S) groups is 1. The smallest absolute Gasteiger partial charge is 0.175 e. The molecule has 0 spiro atoms. The van der Waals surface area contributed by atoms with Crippen LogP contribution in [0.2, 0.25) is 5.02 Å². The van der Waals surface area contributed by atoms with Gasteiger partial charge in [-0.25, -0.2) is 4.39 Å². The van der Waals surface area contributed by atoms with Gasteiger partial charge < -0.3 is 10.6 Å². The third kappa shape index (κ3) is 5.46. The van der Waals surface area contributed by atoms with Crippen molar-refractivity contribution in [1.29, 1.82) is 0 Å². The molecule has 3 aromatic carbocycles. The molecule has 0 fully saturated rings. The van der Waals surface area contributed by atoms with Gasteiger partial charge >= 0.3 is 0 Å². The third-order valence-electron chi connectivity index (χ3n) is 3.54. The molecule has 0 aromatic heterocycles. The van der Waals surface area contributed by atoms with E-state index in [4.69, 9.17) is 23.8 Å². The maximum absolute atomic E-state index is 13.0. The highest BCUT2D eigenvalue weighted by atomic mass is 35.5. The number of nitrogens with one attached hydrogen (secondary N) is 2. The van der Waals surface area contributed by atoms with Gasteiger partial charge in [-0.1, -0.05) is 35.9 Å². The van der Waals surface area contributed by atoms with Crippen LogP contribution < -0.4 is 10.6 Å². The van der Waals surface area contributed by atoms with Gasteiger partial charge in [0.1, 0.15) is 5.82 Å². The van der Waals surface area contributed by atoms with E-state index >= 15 is 0 Å². The van der Waals surface area contributed by atoms with Crippen molar-refractivity contribution in [3.8, 4) is 0 Å². The molecule has 0 aliphatic carbocycles. The molecule has 0 saturated carbocycles. The van der Waals surface area contributed by atoms with E-state index in [0.717, 1.165) is 27.0 Å². The van der Waals surface area contributed by atoms with E-state index in [2.05, 4.69) is 10.6 Å². The highest BCUT2D eigenvalue weighted by Gasteiger charge is 2.06. The lowest BCUT2D eigenvalue weighted by Crippen LogP contribution is -2.19. The zero-order valence-corrected chi connectivity index (χ0v) is 16.1. The summed E-state index contributed by atoms with van der Waals surface area (Å²) in [5.41, 5.74) is 2.85. The Morgan fingerprint density at radius 3 is 2.35 bits per heavy atom. The molecule has 26 heavy (non-hydrogen) atoms. The predicted octanol–water partition coefficient (Wildman–Crippen LogP) is 6.58. The molecule has 2 N–H and O–H groups in total. The third-order valence-corrected chi connectivity index (χ3v) is 5.15. The quantitative estimate of drug-likeness (QED) is 0.371. The zero-order chi connectivity index (χ0) is 18.4. The number of hydrogen-bond donors (Lipinski definition) is 2. The number of benzene rings is 3. The number of halogens is 2. The SMILES string of the molecule is Fc1ccc(NC(=S)Nc2ccccc2SCc2ccc(Cl)cc2)cc1. The molecule has 0 aliphatic rings. The van der Waals surface area contributed by atoms with Crippen LogP contribution in [0.25, 0.3) is 0 Å². The zero-order valence-electron chi connectivity index (χ0n) is 13.7. The molecule has 0 bridgehead atoms. The van der Waals surface area contributed by atoms with Crippen LogP contribution in [0.15, 0.2) is 77.7 Å². The highest BCUT2D eigenvalue weighted by molar-refractivity contribution is 7.98. The van der Waals surface area contributed by atoms with Crippen LogP contribution in [-0.4, -0.2) is 5.11 Å². The summed E-state index contributed by atoms with van der Waals surface area (Å²) in [5.74, 6) is 0.548. The van der Waals surface area contributed by atoms with Gasteiger partial charge in [0.25, 0.3) is 0 Å². The minimum Gasteiger partial charge on any atom is -0.332 e. The number of thioether (sulfide) groups is 1. The monoisotopic (exact) mass is 402 g/mol. The molecule has 0 heterocycles. The summed E-state index contributed by atoms with van der Waals surface area (Å²) in [6.07, 6.45) is 0. The van der Waals surface area contributed by atoms with Crippen LogP contribution in [0.4, 0.5) is 15.8 Å². The second kappa shape index (κ2) is 9.03. The van der Waals surface area contributed by atoms with Crippen LogP contribution in [-0.2, 0) is 5.75 Å². The number of rotatable bonds is 5. The highest BCUT2D eigenvalue weighted by Crippen LogP contribution is 2.30. The first-order valence-electron chi connectivity index (χ1n) is 7.90. The summed E-state index contributed by atoms with van der Waals surface area (Å²) < 4.78 is 13.0. The van der Waals surface area contributed by atoms with Crippen LogP contribution in [0, 0.1) is 5.82 Å². The number of hydrogen-bond acceptors (Lipinski definition) is 2. The van der Waals surface area contributed by atoms with Crippen LogP contribution in [0.5, 0.6) is 0 Å². The molecule has 6 heteroatoms. The Bertz CT molecular complexity index is 883. The van der Waals surface area contributed by atoms with Crippen LogP contribution in [0.3, 0.4) is 0 Å². The van der Waals surface area contributed by atoms with Gasteiger partial charge in [0.05, 0.1) is 5.69 Å². The first-order valence-corrected chi connectivity index (χ1v) is 9.67. The molecule has 0 unspecified atom stereocenters. The number of para-hydroxylation sites is 1. The molecule has 132 valence electrons. The van der Waals surface area contributed by atoms with Gasteiger partial charge in [-0.05, 0) is 66.3 Å². The van der Waals surface area contributed by atoms with E-state index in [-0.39, 0.29) is 5.82 Å². The van der Waals surface area contributed by atoms with Gasteiger partial charge in [-0.3, -0.25) is 0 Å². The van der Waals surface area contributed by atoms with Crippen molar-refractivity contribution in [3.63, 3.8) is 0 Å². The Kier molecular flexibility index (Phi) is 6.50. The van der Waals surface area contributed by atoms with Gasteiger partial charge in [0, 0.05) is 21.4 Å². The van der Waals surface area contributed by atoms with E-state index in [1.807, 2.05) is 48.5 Å². The van der Waals surface area contributed by atoms with Crippen molar-refractivity contribution in [2.75, 3.05) is 10.6 Å². The van der Waals surface area contributed by atoms with Crippen molar-refractivity contribution in [3.05, 3.63) is 89.2 Å². The fourth-order valence-electron chi connectivity index (χ4n) is 2.26. The van der Waals surface area contributed by atoms with Crippen LogP contribution >= 0.6 is 35.6 Å². The summed E-state index contributed by atoms with van der Waals surface area (Å²) in [7, 11) is 0. The van der Waals surface area contributed by atoms with Gasteiger partial charge in [0.2, 0.25) is 0 Å². The molecular weight excluding hydrogens is 387 g/mol. The summed E-state index contributed by atoms with van der Waals surface area (Å²) in [6.45, 7) is 0. The fourth-order valence-corrected chi connectivity index (χ4v) is 3.57. The topological polar surface area (TPSA) is 24.1 Å². The van der Waals surface area contributed by atoms with Gasteiger partial charge in [-0.15, -0.1) is 11.8 Å². The molecule has 0 saturated heterocycles. The maximum atomic E-state index is 13.0. The van der Waals surface area contributed by atoms with E-state index in [1.165, 1.54) is 17.7 Å². The molecule has 0 aliphatic heterocycles. The Labute approximate surface area is 166 Å². The Hall–Kier alpha value is -2.08. The molecule has 0 radical (unpaired) electrons. The molecular formula is C20H16ClFN2S2. The first-order chi connectivity index (χ1) is 12.6. The van der Waals surface area contributed by atoms with Crippen molar-refractivity contribution in [2.45, 2.75) is 10.6 Å². The fraction of sp³-hybridized carbons (Fsp3) is 0.0500. The average Bonchev–Trinajstić information content (AvgIpc) is 2.64. The summed E-state index contributed by atoms with van der Waals surface area (Å²) in [5, 5.41) is 7.45. The minimum absolute atomic E-state index is 0.279. The van der Waals surface area contributed by atoms with Crippen LogP contribution in [0.1, 0.15) is 5.56 Å². The second-order valence-electron chi connectivity index (χ2n) is 5.50. The lowest BCUT2D eigenvalue weighted by Gasteiger charge is -2.14. The van der Waals surface area contributed by atoms with E-state index < -0.39 is 0 Å². The van der Waals surface area contributed by atoms with Crippen molar-refractivity contribution >= 4 is 52.1 Å². The lowest BCUT2D eigenvalue weighted by molar-refractivity contribution is 0.628. The van der Waals surface area contributed by atoms with Crippen molar-refractivity contribution in [2.24, 2.45) is 0 Å². The second-order valence-corrected chi connectivity index (χ2v) is 7.36. The minimum atomic E-state index is -0.279. The standard InChI is InChI=1S/C20H16ClFN2S2/c21-15-7-5-14(6-8-15)13-26-19-4-2-1-3-18(19)24-20(25)23-17-11-9-16(22)10-12-17/h1-12H,13H2,(H2,23,24,25). The Balaban J connectivity index is 1.63. The Morgan fingerprint density at radius 1 is 0.923 bits per heavy atom. The van der Waals surface area contributed by atoms with Crippen molar-refractivity contribution in [1.82, 2.24) is 0 Å². The van der Waals surface area contributed by atoms with E-state index in [9.17, 15) is 4.39 Å². The summed E-state index contributed by atoms with van der Waals surface area (Å²) in [6, 6.07) is 21.9. The normalized spacial score (nSPS) is 10.4. The predicted molar refractivity (Wildman–Crippen MR) is 114 cm³/mol. The van der Waals surface area contributed by atoms with E-state index in [0.29, 0.717) is 5.11 Å². The summed E-state index contributed by atoms with van der Waals surface area (Å²) in [4.78, 5) is 1.09. The summed E-state index contributed by atoms with van der Waals surface area (Å²) >= 11 is 13.0. The van der Waals surface area contributed by atoms with Gasteiger partial charge in [-0.2, -0.15) is 0 Å². The molecule has 0 atom stereocenters. The first kappa shape index (κ1) is 18.7. The van der Waals surface area contributed by atoms with E-state index in [1.54, 1.807) is 23.9 Å². The molecule has 3 rings (SSSR count). The molecule has 2 nitrogen and oxygen atoms in total. The van der Waals surface area contributed by atoms with Crippen molar-refractivity contribution < 1.29 is 4.39 Å². The number of anilines is 2. The maximum Gasteiger partial charge on any atom is 0.175 e.